The van der Waals surface area contributed by atoms with Crippen molar-refractivity contribution in [3.05, 3.63) is 94.5 Å². The van der Waals surface area contributed by atoms with Crippen molar-refractivity contribution >= 4 is 34.9 Å². The molecule has 3 aromatic carbocycles. The van der Waals surface area contributed by atoms with Gasteiger partial charge in [-0.3, -0.25) is 14.4 Å². The molecule has 0 saturated carbocycles. The van der Waals surface area contributed by atoms with E-state index in [-0.39, 0.29) is 17.5 Å². The standard InChI is InChI=1S/C22H15NO3S/c1-27-15-6-4-5-13(11-15)22(26)23-14-9-10-18-19(12-14)21(25)17-8-3-2-7-16(17)20(18)24/h2-12H,1H3,(H,23,26). The summed E-state index contributed by atoms with van der Waals surface area (Å²) in [6, 6.07) is 18.9. The van der Waals surface area contributed by atoms with Gasteiger partial charge in [-0.15, -0.1) is 11.8 Å². The number of thioether (sulfide) groups is 1. The zero-order chi connectivity index (χ0) is 19.0. The van der Waals surface area contributed by atoms with Crippen LogP contribution in [0.15, 0.2) is 71.6 Å². The summed E-state index contributed by atoms with van der Waals surface area (Å²) in [4.78, 5) is 38.9. The van der Waals surface area contributed by atoms with Crippen molar-refractivity contribution in [2.75, 3.05) is 11.6 Å². The highest BCUT2D eigenvalue weighted by atomic mass is 32.2. The van der Waals surface area contributed by atoms with E-state index in [0.717, 1.165) is 4.90 Å². The van der Waals surface area contributed by atoms with Gasteiger partial charge in [0.15, 0.2) is 11.6 Å². The van der Waals surface area contributed by atoms with E-state index >= 15 is 0 Å². The molecular weight excluding hydrogens is 358 g/mol. The molecule has 0 fully saturated rings. The van der Waals surface area contributed by atoms with Crippen molar-refractivity contribution in [1.29, 1.82) is 0 Å². The Morgan fingerprint density at radius 1 is 0.778 bits per heavy atom. The van der Waals surface area contributed by atoms with Crippen LogP contribution in [0.25, 0.3) is 0 Å². The lowest BCUT2D eigenvalue weighted by Crippen LogP contribution is -2.21. The minimum absolute atomic E-state index is 0.175. The van der Waals surface area contributed by atoms with E-state index in [4.69, 9.17) is 0 Å². The molecule has 1 aliphatic carbocycles. The summed E-state index contributed by atoms with van der Waals surface area (Å²) in [5.41, 5.74) is 2.50. The second-order valence-corrected chi connectivity index (χ2v) is 7.03. The van der Waals surface area contributed by atoms with Crippen LogP contribution in [-0.2, 0) is 0 Å². The van der Waals surface area contributed by atoms with Gasteiger partial charge < -0.3 is 5.32 Å². The van der Waals surface area contributed by atoms with E-state index in [2.05, 4.69) is 5.32 Å². The summed E-state index contributed by atoms with van der Waals surface area (Å²) < 4.78 is 0. The Morgan fingerprint density at radius 3 is 2.15 bits per heavy atom. The summed E-state index contributed by atoms with van der Waals surface area (Å²) in [6.45, 7) is 0. The largest absolute Gasteiger partial charge is 0.322 e. The van der Waals surface area contributed by atoms with Crippen LogP contribution in [0.2, 0.25) is 0 Å². The maximum Gasteiger partial charge on any atom is 0.255 e. The van der Waals surface area contributed by atoms with Crippen molar-refractivity contribution in [2.24, 2.45) is 0 Å². The first-order valence-electron chi connectivity index (χ1n) is 8.36. The number of nitrogens with one attached hydrogen (secondary N) is 1. The Morgan fingerprint density at radius 2 is 1.44 bits per heavy atom. The van der Waals surface area contributed by atoms with Crippen molar-refractivity contribution in [1.82, 2.24) is 0 Å². The Kier molecular flexibility index (Phi) is 4.38. The molecule has 27 heavy (non-hydrogen) atoms. The molecule has 4 rings (SSSR count). The minimum Gasteiger partial charge on any atom is -0.322 e. The molecule has 0 aliphatic heterocycles. The highest BCUT2D eigenvalue weighted by Gasteiger charge is 2.29. The van der Waals surface area contributed by atoms with E-state index in [0.29, 0.717) is 33.5 Å². The fourth-order valence-electron chi connectivity index (χ4n) is 3.14. The van der Waals surface area contributed by atoms with Gasteiger partial charge in [-0.25, -0.2) is 0 Å². The van der Waals surface area contributed by atoms with Gasteiger partial charge in [-0.2, -0.15) is 0 Å². The molecule has 0 aromatic heterocycles. The SMILES string of the molecule is CSc1cccc(C(=O)Nc2ccc3c(c2)C(=O)c2ccccc2C3=O)c1. The molecule has 1 aliphatic rings. The van der Waals surface area contributed by atoms with Gasteiger partial charge in [0.05, 0.1) is 0 Å². The van der Waals surface area contributed by atoms with E-state index in [1.54, 1.807) is 60.3 Å². The Bertz CT molecular complexity index is 1100. The van der Waals surface area contributed by atoms with Crippen LogP contribution < -0.4 is 5.32 Å². The first kappa shape index (κ1) is 17.2. The number of hydrogen-bond donors (Lipinski definition) is 1. The number of rotatable bonds is 3. The summed E-state index contributed by atoms with van der Waals surface area (Å²) >= 11 is 1.56. The molecule has 1 amide bonds. The van der Waals surface area contributed by atoms with E-state index in [1.807, 2.05) is 24.5 Å². The molecular formula is C22H15NO3S. The lowest BCUT2D eigenvalue weighted by atomic mass is 9.84. The fourth-order valence-corrected chi connectivity index (χ4v) is 3.60. The molecule has 0 atom stereocenters. The predicted octanol–water partition coefficient (Wildman–Crippen LogP) is 4.44. The average molecular weight is 373 g/mol. The second-order valence-electron chi connectivity index (χ2n) is 6.15. The predicted molar refractivity (Wildman–Crippen MR) is 106 cm³/mol. The maximum absolute atomic E-state index is 12.8. The Balaban J connectivity index is 1.66. The van der Waals surface area contributed by atoms with Crippen LogP contribution in [0.1, 0.15) is 42.2 Å². The van der Waals surface area contributed by atoms with Crippen molar-refractivity contribution in [3.8, 4) is 0 Å². The molecule has 4 nitrogen and oxygen atoms in total. The average Bonchev–Trinajstić information content (AvgIpc) is 2.72. The van der Waals surface area contributed by atoms with Crippen LogP contribution in [-0.4, -0.2) is 23.7 Å². The molecule has 0 heterocycles. The maximum atomic E-state index is 12.8. The topological polar surface area (TPSA) is 63.2 Å². The fraction of sp³-hybridized carbons (Fsp3) is 0.0455. The van der Waals surface area contributed by atoms with E-state index in [1.165, 1.54) is 0 Å². The minimum atomic E-state index is -0.263. The molecule has 1 N–H and O–H groups in total. The third-order valence-electron chi connectivity index (χ3n) is 4.51. The zero-order valence-electron chi connectivity index (χ0n) is 14.5. The lowest BCUT2D eigenvalue weighted by molar-refractivity contribution is 0.0979. The smallest absolute Gasteiger partial charge is 0.255 e. The van der Waals surface area contributed by atoms with Gasteiger partial charge in [0.1, 0.15) is 0 Å². The molecule has 0 saturated heterocycles. The first-order chi connectivity index (χ1) is 13.1. The monoisotopic (exact) mass is 373 g/mol. The van der Waals surface area contributed by atoms with Gasteiger partial charge in [-0.05, 0) is 42.7 Å². The van der Waals surface area contributed by atoms with Crippen LogP contribution in [0.5, 0.6) is 0 Å². The molecule has 0 radical (unpaired) electrons. The number of anilines is 1. The third kappa shape index (κ3) is 3.06. The van der Waals surface area contributed by atoms with E-state index < -0.39 is 0 Å². The van der Waals surface area contributed by atoms with Gasteiger partial charge in [0.2, 0.25) is 0 Å². The van der Waals surface area contributed by atoms with Gasteiger partial charge >= 0.3 is 0 Å². The zero-order valence-corrected chi connectivity index (χ0v) is 15.3. The Hall–Kier alpha value is -3.18. The summed E-state index contributed by atoms with van der Waals surface area (Å²) in [5, 5.41) is 2.81. The van der Waals surface area contributed by atoms with Crippen molar-refractivity contribution in [3.63, 3.8) is 0 Å². The molecule has 3 aromatic rings. The summed E-state index contributed by atoms with van der Waals surface area (Å²) in [6.07, 6.45) is 1.95. The normalized spacial score (nSPS) is 12.3. The molecule has 0 bridgehead atoms. The third-order valence-corrected chi connectivity index (χ3v) is 5.24. The molecule has 5 heteroatoms. The number of benzene rings is 3. The van der Waals surface area contributed by atoms with Gasteiger partial charge in [0.25, 0.3) is 5.91 Å². The van der Waals surface area contributed by atoms with Crippen LogP contribution in [0.3, 0.4) is 0 Å². The number of amides is 1. The number of carbonyl (C=O) groups excluding carboxylic acids is 3. The quantitative estimate of drug-likeness (QED) is 0.540. The summed E-state index contributed by atoms with van der Waals surface area (Å²) in [5.74, 6) is -0.646. The molecule has 132 valence electrons. The van der Waals surface area contributed by atoms with Crippen molar-refractivity contribution < 1.29 is 14.4 Å². The lowest BCUT2D eigenvalue weighted by Gasteiger charge is -2.18. The van der Waals surface area contributed by atoms with E-state index in [9.17, 15) is 14.4 Å². The first-order valence-corrected chi connectivity index (χ1v) is 9.59. The number of hydrogen-bond acceptors (Lipinski definition) is 4. The van der Waals surface area contributed by atoms with Gasteiger partial charge in [-0.1, -0.05) is 30.3 Å². The summed E-state index contributed by atoms with van der Waals surface area (Å²) in [7, 11) is 0. The van der Waals surface area contributed by atoms with Gasteiger partial charge in [0, 0.05) is 38.4 Å². The second kappa shape index (κ2) is 6.85. The van der Waals surface area contributed by atoms with Crippen molar-refractivity contribution in [2.45, 2.75) is 4.90 Å². The highest BCUT2D eigenvalue weighted by Crippen LogP contribution is 2.29. The highest BCUT2D eigenvalue weighted by molar-refractivity contribution is 7.98. The van der Waals surface area contributed by atoms with Crippen LogP contribution >= 0.6 is 11.8 Å². The van der Waals surface area contributed by atoms with Crippen LogP contribution in [0.4, 0.5) is 5.69 Å². The Labute approximate surface area is 160 Å². The van der Waals surface area contributed by atoms with Crippen LogP contribution in [0, 0.1) is 0 Å². The molecule has 0 spiro atoms. The molecule has 0 unspecified atom stereocenters. The number of carbonyl (C=O) groups is 3. The number of fused-ring (bicyclic) bond motifs is 2. The number of ketones is 2.